The van der Waals surface area contributed by atoms with Crippen molar-refractivity contribution in [1.29, 1.82) is 0 Å². The number of nitrogens with one attached hydrogen (secondary N) is 1. The predicted molar refractivity (Wildman–Crippen MR) is 68.9 cm³/mol. The Labute approximate surface area is 113 Å². The SMILES string of the molecule is O=C1NCCc2nc(OCc3cccc(F)c3)sc21. The van der Waals surface area contributed by atoms with Crippen molar-refractivity contribution in [3.63, 3.8) is 0 Å². The second kappa shape index (κ2) is 4.97. The van der Waals surface area contributed by atoms with Crippen LogP contribution in [0, 0.1) is 5.82 Å². The highest BCUT2D eigenvalue weighted by Gasteiger charge is 2.22. The van der Waals surface area contributed by atoms with E-state index in [9.17, 15) is 9.18 Å². The summed E-state index contributed by atoms with van der Waals surface area (Å²) in [7, 11) is 0. The van der Waals surface area contributed by atoms with E-state index in [0.29, 0.717) is 16.6 Å². The van der Waals surface area contributed by atoms with Gasteiger partial charge in [0, 0.05) is 13.0 Å². The highest BCUT2D eigenvalue weighted by Crippen LogP contribution is 2.27. The third-order valence-electron chi connectivity index (χ3n) is 2.78. The summed E-state index contributed by atoms with van der Waals surface area (Å²) in [5, 5.41) is 3.21. The molecule has 6 heteroatoms. The van der Waals surface area contributed by atoms with Crippen LogP contribution in [0.1, 0.15) is 20.9 Å². The van der Waals surface area contributed by atoms with E-state index in [1.165, 1.54) is 23.5 Å². The standard InChI is InChI=1S/C13H11FN2O2S/c14-9-3-1-2-8(6-9)7-18-13-16-10-4-5-15-12(17)11(10)19-13/h1-3,6H,4-5,7H2,(H,15,17). The molecule has 2 heterocycles. The zero-order valence-corrected chi connectivity index (χ0v) is 10.8. The molecule has 0 radical (unpaired) electrons. The lowest BCUT2D eigenvalue weighted by Crippen LogP contribution is -2.30. The zero-order chi connectivity index (χ0) is 13.2. The third kappa shape index (κ3) is 2.58. The molecule has 1 aliphatic heterocycles. The van der Waals surface area contributed by atoms with Crippen molar-refractivity contribution in [3.05, 3.63) is 46.2 Å². The van der Waals surface area contributed by atoms with Gasteiger partial charge in [-0.2, -0.15) is 0 Å². The molecule has 98 valence electrons. The molecule has 1 aliphatic rings. The minimum atomic E-state index is -0.293. The zero-order valence-electron chi connectivity index (χ0n) is 9.98. The lowest BCUT2D eigenvalue weighted by atomic mass is 10.2. The van der Waals surface area contributed by atoms with Crippen molar-refractivity contribution in [2.75, 3.05) is 6.54 Å². The van der Waals surface area contributed by atoms with Gasteiger partial charge in [0.25, 0.3) is 11.1 Å². The first-order valence-electron chi connectivity index (χ1n) is 5.87. The molecule has 0 spiro atoms. The smallest absolute Gasteiger partial charge is 0.274 e. The summed E-state index contributed by atoms with van der Waals surface area (Å²) in [6.07, 6.45) is 0.723. The molecular weight excluding hydrogens is 267 g/mol. The Hall–Kier alpha value is -1.95. The van der Waals surface area contributed by atoms with E-state index in [2.05, 4.69) is 10.3 Å². The Morgan fingerprint density at radius 2 is 2.37 bits per heavy atom. The first-order valence-corrected chi connectivity index (χ1v) is 6.69. The first kappa shape index (κ1) is 12.1. The largest absolute Gasteiger partial charge is 0.465 e. The summed E-state index contributed by atoms with van der Waals surface area (Å²) in [5.41, 5.74) is 1.51. The number of amides is 1. The van der Waals surface area contributed by atoms with E-state index >= 15 is 0 Å². The van der Waals surface area contributed by atoms with E-state index in [1.54, 1.807) is 12.1 Å². The normalized spacial score (nSPS) is 13.8. The number of carbonyl (C=O) groups is 1. The summed E-state index contributed by atoms with van der Waals surface area (Å²) in [6, 6.07) is 6.22. The Morgan fingerprint density at radius 1 is 1.47 bits per heavy atom. The molecule has 1 aromatic carbocycles. The van der Waals surface area contributed by atoms with Crippen LogP contribution in [0.25, 0.3) is 0 Å². The molecule has 0 bridgehead atoms. The number of aromatic nitrogens is 1. The highest BCUT2D eigenvalue weighted by atomic mass is 32.1. The molecule has 3 rings (SSSR count). The van der Waals surface area contributed by atoms with Gasteiger partial charge in [-0.3, -0.25) is 4.79 Å². The molecule has 0 atom stereocenters. The molecule has 2 aromatic rings. The predicted octanol–water partition coefficient (Wildman–Crippen LogP) is 2.15. The maximum Gasteiger partial charge on any atom is 0.274 e. The molecule has 0 unspecified atom stereocenters. The van der Waals surface area contributed by atoms with Crippen LogP contribution in [0.4, 0.5) is 4.39 Å². The van der Waals surface area contributed by atoms with E-state index < -0.39 is 0 Å². The summed E-state index contributed by atoms with van der Waals surface area (Å²) in [5.74, 6) is -0.390. The third-order valence-corrected chi connectivity index (χ3v) is 3.79. The molecule has 0 fully saturated rings. The fourth-order valence-corrected chi connectivity index (χ4v) is 2.76. The maximum absolute atomic E-state index is 13.0. The number of halogens is 1. The maximum atomic E-state index is 13.0. The number of hydrogen-bond donors (Lipinski definition) is 1. The highest BCUT2D eigenvalue weighted by molar-refractivity contribution is 7.15. The second-order valence-electron chi connectivity index (χ2n) is 4.18. The molecule has 1 amide bonds. The van der Waals surface area contributed by atoms with Gasteiger partial charge in [0.05, 0.1) is 5.69 Å². The summed E-state index contributed by atoms with van der Waals surface area (Å²) < 4.78 is 18.5. The van der Waals surface area contributed by atoms with E-state index in [-0.39, 0.29) is 18.3 Å². The Kier molecular flexibility index (Phi) is 3.16. The van der Waals surface area contributed by atoms with Gasteiger partial charge in [-0.1, -0.05) is 23.5 Å². The van der Waals surface area contributed by atoms with E-state index in [4.69, 9.17) is 4.74 Å². The Bertz CT molecular complexity index is 627. The van der Waals surface area contributed by atoms with Crippen LogP contribution in [-0.2, 0) is 13.0 Å². The van der Waals surface area contributed by atoms with Crippen molar-refractivity contribution in [3.8, 4) is 5.19 Å². The van der Waals surface area contributed by atoms with Crippen LogP contribution in [0.3, 0.4) is 0 Å². The summed E-state index contributed by atoms with van der Waals surface area (Å²) in [4.78, 5) is 16.5. The van der Waals surface area contributed by atoms with E-state index in [0.717, 1.165) is 17.7 Å². The van der Waals surface area contributed by atoms with Crippen molar-refractivity contribution in [1.82, 2.24) is 10.3 Å². The number of nitrogens with zero attached hydrogens (tertiary/aromatic N) is 1. The lowest BCUT2D eigenvalue weighted by molar-refractivity contribution is 0.0950. The van der Waals surface area contributed by atoms with Gasteiger partial charge in [0.2, 0.25) is 0 Å². The molecule has 19 heavy (non-hydrogen) atoms. The van der Waals surface area contributed by atoms with Gasteiger partial charge in [-0.25, -0.2) is 9.37 Å². The second-order valence-corrected chi connectivity index (χ2v) is 5.14. The first-order chi connectivity index (χ1) is 9.22. The average molecular weight is 278 g/mol. The van der Waals surface area contributed by atoms with Crippen LogP contribution < -0.4 is 10.1 Å². The summed E-state index contributed by atoms with van der Waals surface area (Å²) in [6.45, 7) is 0.852. The molecule has 4 nitrogen and oxygen atoms in total. The monoisotopic (exact) mass is 278 g/mol. The van der Waals surface area contributed by atoms with Gasteiger partial charge in [0.1, 0.15) is 17.3 Å². The van der Waals surface area contributed by atoms with Crippen LogP contribution in [-0.4, -0.2) is 17.4 Å². The fraction of sp³-hybridized carbons (Fsp3) is 0.231. The number of carbonyl (C=O) groups excluding carboxylic acids is 1. The number of hydrogen-bond acceptors (Lipinski definition) is 4. The van der Waals surface area contributed by atoms with Crippen molar-refractivity contribution in [2.24, 2.45) is 0 Å². The minimum absolute atomic E-state index is 0.0978. The van der Waals surface area contributed by atoms with Gasteiger partial charge in [-0.05, 0) is 17.7 Å². The van der Waals surface area contributed by atoms with Crippen molar-refractivity contribution in [2.45, 2.75) is 13.0 Å². The minimum Gasteiger partial charge on any atom is -0.465 e. The van der Waals surface area contributed by atoms with Crippen LogP contribution in [0.15, 0.2) is 24.3 Å². The molecular formula is C13H11FN2O2S. The molecule has 0 saturated carbocycles. The number of fused-ring (bicyclic) bond motifs is 1. The number of rotatable bonds is 3. The van der Waals surface area contributed by atoms with Crippen LogP contribution >= 0.6 is 11.3 Å². The van der Waals surface area contributed by atoms with Gasteiger partial charge in [0.15, 0.2) is 0 Å². The summed E-state index contributed by atoms with van der Waals surface area (Å²) >= 11 is 1.23. The van der Waals surface area contributed by atoms with Crippen LogP contribution in [0.2, 0.25) is 0 Å². The fourth-order valence-electron chi connectivity index (χ4n) is 1.89. The number of benzene rings is 1. The Balaban J connectivity index is 1.72. The number of thiazole rings is 1. The van der Waals surface area contributed by atoms with Crippen LogP contribution in [0.5, 0.6) is 5.19 Å². The average Bonchev–Trinajstić information content (AvgIpc) is 2.81. The van der Waals surface area contributed by atoms with Gasteiger partial charge >= 0.3 is 0 Å². The number of ether oxygens (including phenoxy) is 1. The van der Waals surface area contributed by atoms with Crippen molar-refractivity contribution >= 4 is 17.2 Å². The van der Waals surface area contributed by atoms with Crippen molar-refractivity contribution < 1.29 is 13.9 Å². The molecule has 1 aromatic heterocycles. The molecule has 0 aliphatic carbocycles. The van der Waals surface area contributed by atoms with Gasteiger partial charge < -0.3 is 10.1 Å². The molecule has 0 saturated heterocycles. The van der Waals surface area contributed by atoms with E-state index in [1.807, 2.05) is 0 Å². The Morgan fingerprint density at radius 3 is 3.16 bits per heavy atom. The topological polar surface area (TPSA) is 51.2 Å². The molecule has 1 N–H and O–H groups in total. The quantitative estimate of drug-likeness (QED) is 0.936. The van der Waals surface area contributed by atoms with Gasteiger partial charge in [-0.15, -0.1) is 0 Å². The lowest BCUT2D eigenvalue weighted by Gasteiger charge is -2.08.